The molecule has 0 aliphatic carbocycles. The van der Waals surface area contributed by atoms with E-state index in [0.29, 0.717) is 17.8 Å². The van der Waals surface area contributed by atoms with Crippen LogP contribution in [0.25, 0.3) is 21.5 Å². The minimum Gasteiger partial charge on any atom is -0.356 e. The van der Waals surface area contributed by atoms with E-state index in [-0.39, 0.29) is 12.3 Å². The van der Waals surface area contributed by atoms with Crippen molar-refractivity contribution in [3.8, 4) is 10.6 Å². The summed E-state index contributed by atoms with van der Waals surface area (Å²) in [5, 5.41) is 10.7. The molecular weight excluding hydrogens is 360 g/mol. The maximum Gasteiger partial charge on any atom is 0.226 e. The number of hydrogen-bond acceptors (Lipinski definition) is 6. The summed E-state index contributed by atoms with van der Waals surface area (Å²) < 4.78 is 5.35. The van der Waals surface area contributed by atoms with Crippen molar-refractivity contribution in [1.82, 2.24) is 20.4 Å². The molecule has 1 N–H and O–H groups in total. The molecule has 136 valence electrons. The zero-order valence-corrected chi connectivity index (χ0v) is 15.8. The quantitative estimate of drug-likeness (QED) is 0.571. The minimum atomic E-state index is -0.112. The number of rotatable bonds is 5. The molecule has 1 aromatic carbocycles. The molecule has 0 spiro atoms. The third-order valence-corrected chi connectivity index (χ3v) is 5.36. The highest BCUT2D eigenvalue weighted by Crippen LogP contribution is 2.24. The van der Waals surface area contributed by atoms with Gasteiger partial charge in [0, 0.05) is 28.7 Å². The lowest BCUT2D eigenvalue weighted by molar-refractivity contribution is -0.120. The molecule has 4 aromatic rings. The predicted octanol–water partition coefficient (Wildman–Crippen LogP) is 3.82. The molecule has 0 aliphatic rings. The van der Waals surface area contributed by atoms with Gasteiger partial charge in [0.2, 0.25) is 5.91 Å². The largest absolute Gasteiger partial charge is 0.356 e. The van der Waals surface area contributed by atoms with E-state index < -0.39 is 0 Å². The predicted molar refractivity (Wildman–Crippen MR) is 104 cm³/mol. The van der Waals surface area contributed by atoms with Crippen LogP contribution in [0.2, 0.25) is 0 Å². The van der Waals surface area contributed by atoms with Gasteiger partial charge in [0.25, 0.3) is 0 Å². The first-order valence-electron chi connectivity index (χ1n) is 8.57. The molecule has 0 radical (unpaired) electrons. The van der Waals surface area contributed by atoms with Crippen LogP contribution in [0.5, 0.6) is 0 Å². The summed E-state index contributed by atoms with van der Waals surface area (Å²) in [6.07, 6.45) is 3.68. The van der Waals surface area contributed by atoms with Crippen LogP contribution in [0.1, 0.15) is 22.5 Å². The van der Waals surface area contributed by atoms with Gasteiger partial charge in [0.15, 0.2) is 5.58 Å². The first-order chi connectivity index (χ1) is 13.1. The molecule has 4 rings (SSSR count). The summed E-state index contributed by atoms with van der Waals surface area (Å²) in [6.45, 7) is 4.44. The van der Waals surface area contributed by atoms with Gasteiger partial charge in [-0.15, -0.1) is 11.3 Å². The third kappa shape index (κ3) is 3.73. The van der Waals surface area contributed by atoms with E-state index in [4.69, 9.17) is 4.52 Å². The second-order valence-electron chi connectivity index (χ2n) is 6.40. The van der Waals surface area contributed by atoms with E-state index in [1.165, 1.54) is 11.3 Å². The fraction of sp³-hybridized carbons (Fsp3) is 0.200. The molecule has 0 aliphatic heterocycles. The summed E-state index contributed by atoms with van der Waals surface area (Å²) in [5.74, 6) is -0.112. The minimum absolute atomic E-state index is 0.112. The lowest BCUT2D eigenvalue weighted by atomic mass is 10.1. The van der Waals surface area contributed by atoms with Crippen molar-refractivity contribution in [2.75, 3.05) is 0 Å². The van der Waals surface area contributed by atoms with E-state index in [1.807, 2.05) is 43.5 Å². The van der Waals surface area contributed by atoms with Gasteiger partial charge >= 0.3 is 0 Å². The lowest BCUT2D eigenvalue weighted by Gasteiger charge is -2.02. The molecule has 1 amide bonds. The fourth-order valence-electron chi connectivity index (χ4n) is 2.79. The molecule has 3 aromatic heterocycles. The number of amides is 1. The molecule has 6 nitrogen and oxygen atoms in total. The van der Waals surface area contributed by atoms with Crippen LogP contribution in [0.3, 0.4) is 0 Å². The number of pyridine rings is 1. The Morgan fingerprint density at radius 2 is 2.11 bits per heavy atom. The van der Waals surface area contributed by atoms with Crippen LogP contribution >= 0.6 is 11.3 Å². The van der Waals surface area contributed by atoms with Crippen LogP contribution in [-0.4, -0.2) is 21.0 Å². The maximum absolute atomic E-state index is 12.3. The van der Waals surface area contributed by atoms with Gasteiger partial charge in [-0.05, 0) is 49.2 Å². The average Bonchev–Trinajstić information content (AvgIpc) is 3.29. The summed E-state index contributed by atoms with van der Waals surface area (Å²) in [6, 6.07) is 7.82. The molecule has 0 bridgehead atoms. The van der Waals surface area contributed by atoms with E-state index in [1.54, 1.807) is 12.4 Å². The summed E-state index contributed by atoms with van der Waals surface area (Å²) in [4.78, 5) is 21.0. The number of fused-ring (bicyclic) bond motifs is 1. The van der Waals surface area contributed by atoms with Crippen molar-refractivity contribution in [2.45, 2.75) is 26.8 Å². The Morgan fingerprint density at radius 1 is 1.26 bits per heavy atom. The normalized spacial score (nSPS) is 11.0. The molecule has 0 atom stereocenters. The summed E-state index contributed by atoms with van der Waals surface area (Å²) >= 11 is 1.53. The van der Waals surface area contributed by atoms with Crippen molar-refractivity contribution < 1.29 is 9.32 Å². The molecule has 7 heteroatoms. The highest BCUT2D eigenvalue weighted by molar-refractivity contribution is 7.13. The monoisotopic (exact) mass is 378 g/mol. The number of hydrogen-bond donors (Lipinski definition) is 1. The number of nitrogens with one attached hydrogen (secondary N) is 1. The number of aryl methyl sites for hydroxylation is 2. The highest BCUT2D eigenvalue weighted by atomic mass is 32.1. The number of carbonyl (C=O) groups excluding carboxylic acids is 1. The second-order valence-corrected chi connectivity index (χ2v) is 7.26. The van der Waals surface area contributed by atoms with Crippen LogP contribution in [-0.2, 0) is 17.8 Å². The number of nitrogens with zero attached hydrogens (tertiary/aromatic N) is 3. The maximum atomic E-state index is 12.3. The summed E-state index contributed by atoms with van der Waals surface area (Å²) in [7, 11) is 0. The Kier molecular flexibility index (Phi) is 4.68. The first-order valence-corrected chi connectivity index (χ1v) is 9.45. The average molecular weight is 378 g/mol. The molecule has 3 heterocycles. The molecule has 0 saturated carbocycles. The molecule has 0 unspecified atom stereocenters. The Balaban J connectivity index is 1.41. The van der Waals surface area contributed by atoms with Gasteiger partial charge in [-0.2, -0.15) is 0 Å². The highest BCUT2D eigenvalue weighted by Gasteiger charge is 2.14. The Bertz CT molecular complexity index is 1100. The van der Waals surface area contributed by atoms with E-state index in [0.717, 1.165) is 32.8 Å². The Labute approximate surface area is 160 Å². The Hall–Kier alpha value is -3.06. The molecule has 0 fully saturated rings. The van der Waals surface area contributed by atoms with Crippen molar-refractivity contribution >= 4 is 28.2 Å². The van der Waals surface area contributed by atoms with Crippen molar-refractivity contribution in [3.05, 3.63) is 64.6 Å². The molecule has 0 saturated heterocycles. The van der Waals surface area contributed by atoms with Crippen molar-refractivity contribution in [3.63, 3.8) is 0 Å². The van der Waals surface area contributed by atoms with Crippen LogP contribution < -0.4 is 5.32 Å². The van der Waals surface area contributed by atoms with Gasteiger partial charge in [0.1, 0.15) is 10.7 Å². The second kappa shape index (κ2) is 7.28. The Morgan fingerprint density at radius 3 is 2.93 bits per heavy atom. The number of aromatic nitrogens is 3. The third-order valence-electron chi connectivity index (χ3n) is 4.42. The van der Waals surface area contributed by atoms with E-state index in [9.17, 15) is 4.79 Å². The summed E-state index contributed by atoms with van der Waals surface area (Å²) in [5.41, 5.74) is 5.45. The standard InChI is InChI=1S/C20H18N4O2S/c1-12-6-16-17(24-26-18(16)7-13(12)2)8-19(25)22-10-15-11-27-20(23-15)14-4-3-5-21-9-14/h3-7,9,11H,8,10H2,1-2H3,(H,22,25). The van der Waals surface area contributed by atoms with Gasteiger partial charge < -0.3 is 9.84 Å². The number of carbonyl (C=O) groups is 1. The topological polar surface area (TPSA) is 80.9 Å². The van der Waals surface area contributed by atoms with Crippen LogP contribution in [0.15, 0.2) is 46.6 Å². The number of thiazole rings is 1. The van der Waals surface area contributed by atoms with Gasteiger partial charge in [-0.25, -0.2) is 4.98 Å². The number of benzene rings is 1. The van der Waals surface area contributed by atoms with Crippen molar-refractivity contribution in [2.24, 2.45) is 0 Å². The smallest absolute Gasteiger partial charge is 0.226 e. The van der Waals surface area contributed by atoms with Crippen molar-refractivity contribution in [1.29, 1.82) is 0 Å². The van der Waals surface area contributed by atoms with Crippen LogP contribution in [0, 0.1) is 13.8 Å². The SMILES string of the molecule is Cc1cc2onc(CC(=O)NCc3csc(-c4cccnc4)n3)c2cc1C. The zero-order chi connectivity index (χ0) is 18.8. The van der Waals surface area contributed by atoms with Gasteiger partial charge in [-0.3, -0.25) is 9.78 Å². The molecule has 27 heavy (non-hydrogen) atoms. The first kappa shape index (κ1) is 17.4. The van der Waals surface area contributed by atoms with E-state index >= 15 is 0 Å². The van der Waals surface area contributed by atoms with Gasteiger partial charge in [0.05, 0.1) is 18.7 Å². The van der Waals surface area contributed by atoms with Gasteiger partial charge in [-0.1, -0.05) is 5.16 Å². The fourth-order valence-corrected chi connectivity index (χ4v) is 3.60. The molecular formula is C20H18N4O2S. The van der Waals surface area contributed by atoms with E-state index in [2.05, 4.69) is 20.4 Å². The van der Waals surface area contributed by atoms with Crippen LogP contribution in [0.4, 0.5) is 0 Å². The zero-order valence-electron chi connectivity index (χ0n) is 15.0. The lowest BCUT2D eigenvalue weighted by Crippen LogP contribution is -2.24.